The first-order chi connectivity index (χ1) is 16.6. The molecule has 1 aromatic carbocycles. The maximum atomic E-state index is 14.5. The minimum atomic E-state index is -1.24. The van der Waals surface area contributed by atoms with Crippen molar-refractivity contribution in [3.8, 4) is 17.0 Å². The Hall–Kier alpha value is -3.34. The number of methoxy groups -OCH3 is 1. The van der Waals surface area contributed by atoms with Crippen LogP contribution in [0.1, 0.15) is 36.6 Å². The van der Waals surface area contributed by atoms with Gasteiger partial charge in [0.05, 0.1) is 44.0 Å². The molecule has 3 aromatic heterocycles. The fourth-order valence-electron chi connectivity index (χ4n) is 3.99. The number of halogens is 1. The lowest BCUT2D eigenvalue weighted by molar-refractivity contribution is -0.163. The maximum absolute atomic E-state index is 14.5. The summed E-state index contributed by atoms with van der Waals surface area (Å²) < 4.78 is 34.2. The second-order valence-electron chi connectivity index (χ2n) is 8.12. The molecule has 5 rings (SSSR count). The number of aromatic nitrogens is 5. The standard InChI is InChI=1S/C24H26FN5O4/c1-32-17-5-6-18(19(25)12-17)24(31)21-14-26-22-8-7-20(28-30(21)22)16-13-27-29(15-16)9-11-34-23-4-2-3-10-33-23/h5-8,12-15,23-24,31H,2-4,9-11H2,1H3. The third kappa shape index (κ3) is 4.65. The largest absolute Gasteiger partial charge is 0.497 e. The topological polar surface area (TPSA) is 95.9 Å². The highest BCUT2D eigenvalue weighted by molar-refractivity contribution is 5.58. The number of ether oxygens (including phenoxy) is 3. The van der Waals surface area contributed by atoms with Crippen LogP contribution in [0.3, 0.4) is 0 Å². The molecule has 1 saturated heterocycles. The summed E-state index contributed by atoms with van der Waals surface area (Å²) in [6.45, 7) is 1.85. The van der Waals surface area contributed by atoms with Crippen LogP contribution >= 0.6 is 0 Å². The van der Waals surface area contributed by atoms with Gasteiger partial charge in [0.25, 0.3) is 0 Å². The van der Waals surface area contributed by atoms with Gasteiger partial charge in [-0.1, -0.05) is 0 Å². The van der Waals surface area contributed by atoms with Crippen LogP contribution in [0.25, 0.3) is 16.9 Å². The minimum absolute atomic E-state index is 0.115. The van der Waals surface area contributed by atoms with Crippen molar-refractivity contribution in [3.05, 3.63) is 66.0 Å². The summed E-state index contributed by atoms with van der Waals surface area (Å²) in [5.74, 6) is -0.194. The third-order valence-electron chi connectivity index (χ3n) is 5.86. The Bertz CT molecular complexity index is 1270. The van der Waals surface area contributed by atoms with E-state index >= 15 is 0 Å². The maximum Gasteiger partial charge on any atom is 0.157 e. The second kappa shape index (κ2) is 9.88. The number of nitrogens with zero attached hydrogens (tertiary/aromatic N) is 5. The molecule has 1 N–H and O–H groups in total. The van der Waals surface area contributed by atoms with Crippen LogP contribution in [-0.4, -0.2) is 56.1 Å². The summed E-state index contributed by atoms with van der Waals surface area (Å²) in [4.78, 5) is 4.30. The van der Waals surface area contributed by atoms with Crippen molar-refractivity contribution >= 4 is 5.65 Å². The Morgan fingerprint density at radius 2 is 2.15 bits per heavy atom. The van der Waals surface area contributed by atoms with Crippen LogP contribution < -0.4 is 4.74 Å². The average Bonchev–Trinajstić information content (AvgIpc) is 3.51. The zero-order valence-electron chi connectivity index (χ0n) is 18.8. The van der Waals surface area contributed by atoms with Crippen LogP contribution in [0.2, 0.25) is 0 Å². The van der Waals surface area contributed by atoms with Crippen molar-refractivity contribution in [1.82, 2.24) is 24.4 Å². The SMILES string of the molecule is COc1ccc(C(O)c2cnc3ccc(-c4cnn(CCOC5CCCCO5)c4)nn23)c(F)c1. The van der Waals surface area contributed by atoms with E-state index in [0.29, 0.717) is 35.9 Å². The van der Waals surface area contributed by atoms with Gasteiger partial charge in [-0.15, -0.1) is 0 Å². The van der Waals surface area contributed by atoms with E-state index in [1.165, 1.54) is 30.0 Å². The molecule has 9 nitrogen and oxygen atoms in total. The molecule has 34 heavy (non-hydrogen) atoms. The van der Waals surface area contributed by atoms with Gasteiger partial charge in [-0.25, -0.2) is 13.9 Å². The quantitative estimate of drug-likeness (QED) is 0.424. The van der Waals surface area contributed by atoms with Crippen molar-refractivity contribution in [2.24, 2.45) is 0 Å². The molecule has 1 aliphatic heterocycles. The lowest BCUT2D eigenvalue weighted by Crippen LogP contribution is -2.24. The molecule has 2 atom stereocenters. The normalized spacial score (nSPS) is 17.2. The molecule has 1 fully saturated rings. The Morgan fingerprint density at radius 3 is 2.94 bits per heavy atom. The predicted molar refractivity (Wildman–Crippen MR) is 121 cm³/mol. The first kappa shape index (κ1) is 22.5. The van der Waals surface area contributed by atoms with Gasteiger partial charge in [0.1, 0.15) is 17.7 Å². The lowest BCUT2D eigenvalue weighted by Gasteiger charge is -2.22. The molecule has 0 bridgehead atoms. The molecule has 4 aromatic rings. The molecule has 10 heteroatoms. The average molecular weight is 468 g/mol. The van der Waals surface area contributed by atoms with Crippen molar-refractivity contribution in [1.29, 1.82) is 0 Å². The molecule has 1 aliphatic rings. The molecule has 178 valence electrons. The minimum Gasteiger partial charge on any atom is -0.497 e. The van der Waals surface area contributed by atoms with Crippen molar-refractivity contribution in [2.45, 2.75) is 38.2 Å². The van der Waals surface area contributed by atoms with Gasteiger partial charge < -0.3 is 19.3 Å². The highest BCUT2D eigenvalue weighted by atomic mass is 19.1. The van der Waals surface area contributed by atoms with E-state index in [1.807, 2.05) is 12.3 Å². The summed E-state index contributed by atoms with van der Waals surface area (Å²) in [5, 5.41) is 19.9. The second-order valence-corrected chi connectivity index (χ2v) is 8.12. The number of imidazole rings is 1. The van der Waals surface area contributed by atoms with E-state index in [4.69, 9.17) is 14.2 Å². The molecule has 4 heterocycles. The van der Waals surface area contributed by atoms with E-state index < -0.39 is 11.9 Å². The lowest BCUT2D eigenvalue weighted by atomic mass is 10.1. The summed E-state index contributed by atoms with van der Waals surface area (Å²) >= 11 is 0. The van der Waals surface area contributed by atoms with Gasteiger partial charge >= 0.3 is 0 Å². The van der Waals surface area contributed by atoms with Gasteiger partial charge in [-0.2, -0.15) is 10.2 Å². The Balaban J connectivity index is 1.33. The van der Waals surface area contributed by atoms with Gasteiger partial charge in [0.15, 0.2) is 11.9 Å². The first-order valence-corrected chi connectivity index (χ1v) is 11.2. The van der Waals surface area contributed by atoms with Crippen molar-refractivity contribution in [3.63, 3.8) is 0 Å². The van der Waals surface area contributed by atoms with Crippen molar-refractivity contribution < 1.29 is 23.7 Å². The molecular weight excluding hydrogens is 441 g/mol. The van der Waals surface area contributed by atoms with Gasteiger partial charge in [-0.05, 0) is 43.5 Å². The zero-order valence-corrected chi connectivity index (χ0v) is 18.8. The highest BCUT2D eigenvalue weighted by Gasteiger charge is 2.21. The van der Waals surface area contributed by atoms with E-state index in [-0.39, 0.29) is 11.9 Å². The molecular formula is C24H26FN5O4. The predicted octanol–water partition coefficient (Wildman–Crippen LogP) is 3.37. The van der Waals surface area contributed by atoms with E-state index in [0.717, 1.165) is 31.4 Å². The molecule has 0 radical (unpaired) electrons. The van der Waals surface area contributed by atoms with E-state index in [1.54, 1.807) is 23.0 Å². The van der Waals surface area contributed by atoms with Crippen molar-refractivity contribution in [2.75, 3.05) is 20.3 Å². The summed E-state index contributed by atoms with van der Waals surface area (Å²) in [6.07, 6.45) is 6.87. The zero-order chi connectivity index (χ0) is 23.5. The number of aliphatic hydroxyl groups excluding tert-OH is 1. The highest BCUT2D eigenvalue weighted by Crippen LogP contribution is 2.28. The molecule has 0 aliphatic carbocycles. The van der Waals surface area contributed by atoms with Gasteiger partial charge in [-0.3, -0.25) is 4.68 Å². The van der Waals surface area contributed by atoms with Gasteiger partial charge in [0, 0.05) is 30.0 Å². The Morgan fingerprint density at radius 1 is 1.24 bits per heavy atom. The molecule has 0 amide bonds. The smallest absolute Gasteiger partial charge is 0.157 e. The summed E-state index contributed by atoms with van der Waals surface area (Å²) in [5.41, 5.74) is 2.47. The van der Waals surface area contributed by atoms with Crippen LogP contribution in [0.15, 0.2) is 48.9 Å². The fraction of sp³-hybridized carbons (Fsp3) is 0.375. The number of hydrogen-bond acceptors (Lipinski definition) is 7. The number of aliphatic hydroxyl groups is 1. The molecule has 0 saturated carbocycles. The summed E-state index contributed by atoms with van der Waals surface area (Å²) in [6, 6.07) is 7.96. The van der Waals surface area contributed by atoms with E-state index in [2.05, 4.69) is 15.2 Å². The number of benzene rings is 1. The number of hydrogen-bond donors (Lipinski definition) is 1. The van der Waals surface area contributed by atoms with Crippen LogP contribution in [0.5, 0.6) is 5.75 Å². The molecule has 2 unspecified atom stereocenters. The monoisotopic (exact) mass is 467 g/mol. The Labute approximate surface area is 195 Å². The summed E-state index contributed by atoms with van der Waals surface area (Å²) in [7, 11) is 1.46. The third-order valence-corrected chi connectivity index (χ3v) is 5.86. The van der Waals surface area contributed by atoms with Crippen LogP contribution in [-0.2, 0) is 16.0 Å². The van der Waals surface area contributed by atoms with Gasteiger partial charge in [0.2, 0.25) is 0 Å². The van der Waals surface area contributed by atoms with Crippen LogP contribution in [0.4, 0.5) is 4.39 Å². The number of rotatable bonds is 8. The first-order valence-electron chi connectivity index (χ1n) is 11.2. The van der Waals surface area contributed by atoms with Crippen LogP contribution in [0, 0.1) is 5.82 Å². The molecule has 0 spiro atoms. The Kier molecular flexibility index (Phi) is 6.52. The number of fused-ring (bicyclic) bond motifs is 1. The fourth-order valence-corrected chi connectivity index (χ4v) is 3.99. The van der Waals surface area contributed by atoms with E-state index in [9.17, 15) is 9.50 Å².